The predicted octanol–water partition coefficient (Wildman–Crippen LogP) is 4.73. The molecular formula is C16H17BrN4OS. The van der Waals surface area contributed by atoms with Crippen LogP contribution >= 0.6 is 27.3 Å². The van der Waals surface area contributed by atoms with Crippen LogP contribution in [0.5, 0.6) is 5.75 Å². The number of anilines is 1. The van der Waals surface area contributed by atoms with Gasteiger partial charge in [-0.25, -0.2) is 4.98 Å². The summed E-state index contributed by atoms with van der Waals surface area (Å²) in [4.78, 5) is 4.29. The van der Waals surface area contributed by atoms with Gasteiger partial charge in [0.15, 0.2) is 0 Å². The van der Waals surface area contributed by atoms with E-state index in [4.69, 9.17) is 10.00 Å². The fourth-order valence-corrected chi connectivity index (χ4v) is 2.82. The number of nitriles is 1. The second-order valence-electron chi connectivity index (χ2n) is 4.81. The van der Waals surface area contributed by atoms with Gasteiger partial charge in [0.1, 0.15) is 5.75 Å². The maximum Gasteiger partial charge on any atom is 0.203 e. The molecule has 0 aliphatic rings. The molecule has 0 aliphatic carbocycles. The van der Waals surface area contributed by atoms with E-state index < -0.39 is 0 Å². The first-order valence-electron chi connectivity index (χ1n) is 7.19. The third kappa shape index (κ3) is 6.00. The van der Waals surface area contributed by atoms with Crippen molar-refractivity contribution in [2.24, 2.45) is 5.10 Å². The highest BCUT2D eigenvalue weighted by Crippen LogP contribution is 2.22. The van der Waals surface area contributed by atoms with Gasteiger partial charge in [-0.2, -0.15) is 10.4 Å². The van der Waals surface area contributed by atoms with Gasteiger partial charge in [0.2, 0.25) is 5.13 Å². The summed E-state index contributed by atoms with van der Waals surface area (Å²) in [6, 6.07) is 7.92. The molecule has 0 radical (unpaired) electrons. The van der Waals surface area contributed by atoms with Gasteiger partial charge in [-0.1, -0.05) is 15.9 Å². The Bertz CT molecular complexity index is 708. The Morgan fingerprint density at radius 3 is 3.09 bits per heavy atom. The van der Waals surface area contributed by atoms with Crippen molar-refractivity contribution in [2.45, 2.75) is 26.2 Å². The predicted molar refractivity (Wildman–Crippen MR) is 97.2 cm³/mol. The molecule has 1 aromatic carbocycles. The molecule has 2 rings (SSSR count). The molecule has 120 valence electrons. The normalized spacial score (nSPS) is 10.7. The number of thiazole rings is 1. The van der Waals surface area contributed by atoms with Crippen molar-refractivity contribution in [2.75, 3.05) is 12.0 Å². The Hall–Kier alpha value is -1.91. The standard InChI is InChI=1S/C16H17BrN4OS/c1-12-11-23-16(20-12)21-19-10-13-9-14(17)5-6-15(13)22-8-4-2-3-7-18/h5-6,9-11H,2-4,8H2,1H3,(H,20,21). The molecule has 0 amide bonds. The van der Waals surface area contributed by atoms with Crippen molar-refractivity contribution >= 4 is 38.6 Å². The molecule has 0 atom stereocenters. The van der Waals surface area contributed by atoms with Crippen molar-refractivity contribution in [3.8, 4) is 11.8 Å². The van der Waals surface area contributed by atoms with Crippen molar-refractivity contribution in [1.29, 1.82) is 5.26 Å². The summed E-state index contributed by atoms with van der Waals surface area (Å²) in [5.41, 5.74) is 4.76. The number of rotatable bonds is 8. The molecule has 0 unspecified atom stereocenters. The van der Waals surface area contributed by atoms with E-state index in [1.807, 2.05) is 30.5 Å². The average molecular weight is 393 g/mol. The number of ether oxygens (including phenoxy) is 1. The van der Waals surface area contributed by atoms with Crippen LogP contribution in [0.25, 0.3) is 0 Å². The fraction of sp³-hybridized carbons (Fsp3) is 0.312. The number of hydrogen-bond acceptors (Lipinski definition) is 6. The Kier molecular flexibility index (Phi) is 7.04. The summed E-state index contributed by atoms with van der Waals surface area (Å²) >= 11 is 4.97. The highest BCUT2D eigenvalue weighted by atomic mass is 79.9. The molecule has 0 saturated heterocycles. The monoisotopic (exact) mass is 392 g/mol. The van der Waals surface area contributed by atoms with Gasteiger partial charge in [-0.05, 0) is 38.0 Å². The quantitative estimate of drug-likeness (QED) is 0.400. The largest absolute Gasteiger partial charge is 0.493 e. The number of nitrogens with one attached hydrogen (secondary N) is 1. The van der Waals surface area contributed by atoms with Crippen LogP contribution in [0.1, 0.15) is 30.5 Å². The van der Waals surface area contributed by atoms with Gasteiger partial charge in [0.25, 0.3) is 0 Å². The van der Waals surface area contributed by atoms with Gasteiger partial charge in [-0.15, -0.1) is 11.3 Å². The van der Waals surface area contributed by atoms with Crippen LogP contribution in [0.2, 0.25) is 0 Å². The lowest BCUT2D eigenvalue weighted by Crippen LogP contribution is -2.00. The van der Waals surface area contributed by atoms with Crippen molar-refractivity contribution in [1.82, 2.24) is 4.98 Å². The van der Waals surface area contributed by atoms with Crippen LogP contribution in [0.3, 0.4) is 0 Å². The molecule has 23 heavy (non-hydrogen) atoms. The first-order valence-corrected chi connectivity index (χ1v) is 8.87. The molecule has 5 nitrogen and oxygen atoms in total. The van der Waals surface area contributed by atoms with Gasteiger partial charge >= 0.3 is 0 Å². The maximum atomic E-state index is 8.53. The summed E-state index contributed by atoms with van der Waals surface area (Å²) < 4.78 is 6.74. The minimum atomic E-state index is 0.565. The van der Waals surface area contributed by atoms with Gasteiger partial charge < -0.3 is 4.74 Å². The fourth-order valence-electron chi connectivity index (χ4n) is 1.80. The minimum absolute atomic E-state index is 0.565. The lowest BCUT2D eigenvalue weighted by molar-refractivity contribution is 0.307. The van der Waals surface area contributed by atoms with Gasteiger partial charge in [0.05, 0.1) is 24.6 Å². The topological polar surface area (TPSA) is 70.3 Å². The molecule has 7 heteroatoms. The molecule has 1 N–H and O–H groups in total. The Balaban J connectivity index is 1.96. The summed E-state index contributed by atoms with van der Waals surface area (Å²) in [6.07, 6.45) is 3.99. The van der Waals surface area contributed by atoms with Crippen LogP contribution < -0.4 is 10.2 Å². The van der Waals surface area contributed by atoms with Crippen molar-refractivity contribution < 1.29 is 4.74 Å². The van der Waals surface area contributed by atoms with E-state index in [2.05, 4.69) is 37.5 Å². The molecule has 0 bridgehead atoms. The summed E-state index contributed by atoms with van der Waals surface area (Å²) in [5.74, 6) is 0.769. The SMILES string of the molecule is Cc1csc(NN=Cc2cc(Br)ccc2OCCCCC#N)n1. The maximum absolute atomic E-state index is 8.53. The van der Waals surface area contributed by atoms with Crippen LogP contribution in [0.15, 0.2) is 33.2 Å². The molecular weight excluding hydrogens is 376 g/mol. The van der Waals surface area contributed by atoms with E-state index in [9.17, 15) is 0 Å². The summed E-state index contributed by atoms with van der Waals surface area (Å²) in [5, 5.41) is 15.5. The zero-order valence-electron chi connectivity index (χ0n) is 12.8. The van der Waals surface area contributed by atoms with E-state index in [1.165, 1.54) is 11.3 Å². The van der Waals surface area contributed by atoms with E-state index in [-0.39, 0.29) is 0 Å². The van der Waals surface area contributed by atoms with Crippen LogP contribution in [-0.2, 0) is 0 Å². The average Bonchev–Trinajstić information content (AvgIpc) is 2.94. The number of nitrogens with zero attached hydrogens (tertiary/aromatic N) is 3. The lowest BCUT2D eigenvalue weighted by Gasteiger charge is -2.09. The summed E-state index contributed by atoms with van der Waals surface area (Å²) in [6.45, 7) is 2.53. The zero-order chi connectivity index (χ0) is 16.5. The third-order valence-corrected chi connectivity index (χ3v) is 4.25. The zero-order valence-corrected chi connectivity index (χ0v) is 15.2. The smallest absolute Gasteiger partial charge is 0.203 e. The van der Waals surface area contributed by atoms with Crippen molar-refractivity contribution in [3.63, 3.8) is 0 Å². The number of aromatic nitrogens is 1. The number of unbranched alkanes of at least 4 members (excludes halogenated alkanes) is 2. The summed E-state index contributed by atoms with van der Waals surface area (Å²) in [7, 11) is 0. The Labute approximate surface area is 148 Å². The molecule has 2 aromatic rings. The number of aryl methyl sites for hydroxylation is 1. The first kappa shape index (κ1) is 17.4. The molecule has 1 aromatic heterocycles. The van der Waals surface area contributed by atoms with Crippen molar-refractivity contribution in [3.05, 3.63) is 39.3 Å². The number of halogens is 1. The van der Waals surface area contributed by atoms with E-state index in [0.29, 0.717) is 13.0 Å². The Morgan fingerprint density at radius 1 is 1.48 bits per heavy atom. The number of benzene rings is 1. The highest BCUT2D eigenvalue weighted by Gasteiger charge is 2.03. The molecule has 0 aliphatic heterocycles. The Morgan fingerprint density at radius 2 is 2.35 bits per heavy atom. The molecule has 1 heterocycles. The van der Waals surface area contributed by atoms with Gasteiger partial charge in [-0.3, -0.25) is 5.43 Å². The van der Waals surface area contributed by atoms with E-state index in [0.717, 1.165) is 39.5 Å². The van der Waals surface area contributed by atoms with Crippen LogP contribution in [-0.4, -0.2) is 17.8 Å². The van der Waals surface area contributed by atoms with E-state index in [1.54, 1.807) is 6.21 Å². The minimum Gasteiger partial charge on any atom is -0.493 e. The van der Waals surface area contributed by atoms with Crippen LogP contribution in [0.4, 0.5) is 5.13 Å². The molecule has 0 saturated carbocycles. The number of hydrogen-bond donors (Lipinski definition) is 1. The van der Waals surface area contributed by atoms with Crippen LogP contribution in [0, 0.1) is 18.3 Å². The lowest BCUT2D eigenvalue weighted by atomic mass is 10.2. The number of hydrazone groups is 1. The second-order valence-corrected chi connectivity index (χ2v) is 6.58. The highest BCUT2D eigenvalue weighted by molar-refractivity contribution is 9.10. The van der Waals surface area contributed by atoms with E-state index >= 15 is 0 Å². The second kappa shape index (κ2) is 9.28. The molecule has 0 fully saturated rings. The first-order chi connectivity index (χ1) is 11.2. The van der Waals surface area contributed by atoms with Gasteiger partial charge in [0, 0.05) is 21.8 Å². The third-order valence-electron chi connectivity index (χ3n) is 2.90. The molecule has 0 spiro atoms.